The highest BCUT2D eigenvalue weighted by molar-refractivity contribution is 6.31. The molecule has 35 heavy (non-hydrogen) atoms. The van der Waals surface area contributed by atoms with Gasteiger partial charge in [0, 0.05) is 39.7 Å². The van der Waals surface area contributed by atoms with Crippen molar-refractivity contribution in [2.24, 2.45) is 0 Å². The molecule has 1 atom stereocenters. The van der Waals surface area contributed by atoms with E-state index in [1.165, 1.54) is 13.3 Å². The van der Waals surface area contributed by atoms with E-state index in [2.05, 4.69) is 10.1 Å². The number of pyridine rings is 1. The number of ether oxygens (including phenoxy) is 2. The molecular weight excluding hydrogens is 468 g/mol. The minimum Gasteiger partial charge on any atom is -0.465 e. The number of carbonyl (C=O) groups excluding carboxylic acids is 2. The first-order chi connectivity index (χ1) is 16.9. The summed E-state index contributed by atoms with van der Waals surface area (Å²) in [5.74, 6) is -0.409. The zero-order chi connectivity index (χ0) is 24.9. The lowest BCUT2D eigenvalue weighted by atomic mass is 9.99. The van der Waals surface area contributed by atoms with Crippen molar-refractivity contribution < 1.29 is 23.6 Å². The molecule has 2 heterocycles. The Bertz CT molecular complexity index is 1380. The number of benzene rings is 2. The van der Waals surface area contributed by atoms with Crippen LogP contribution in [0.2, 0.25) is 5.02 Å². The van der Waals surface area contributed by atoms with Crippen LogP contribution < -0.4 is 0 Å². The quantitative estimate of drug-likeness (QED) is 0.293. The molecule has 8 heteroatoms. The molecule has 178 valence electrons. The molecular formula is C27H23ClN2O5. The molecule has 1 unspecified atom stereocenters. The second-order valence-corrected chi connectivity index (χ2v) is 8.35. The second kappa shape index (κ2) is 10.5. The Labute approximate surface area is 207 Å². The Balaban J connectivity index is 1.58. The molecule has 0 saturated heterocycles. The Kier molecular flexibility index (Phi) is 7.27. The van der Waals surface area contributed by atoms with Crippen LogP contribution in [-0.2, 0) is 20.7 Å². The van der Waals surface area contributed by atoms with Gasteiger partial charge in [0.25, 0.3) is 0 Å². The molecule has 0 aliphatic heterocycles. The minimum atomic E-state index is -0.502. The minimum absolute atomic E-state index is 0.0108. The number of aryl methyl sites for hydroxylation is 1. The topological polar surface area (TPSA) is 91.5 Å². The summed E-state index contributed by atoms with van der Waals surface area (Å²) in [4.78, 5) is 28.8. The molecule has 0 radical (unpaired) electrons. The molecule has 4 rings (SSSR count). The molecule has 0 saturated carbocycles. The largest absolute Gasteiger partial charge is 0.465 e. The third-order valence-electron chi connectivity index (χ3n) is 5.57. The fourth-order valence-electron chi connectivity index (χ4n) is 3.74. The number of nitrogens with zero attached hydrogens (tertiary/aromatic N) is 2. The summed E-state index contributed by atoms with van der Waals surface area (Å²) in [6.45, 7) is 3.56. The number of esters is 2. The summed E-state index contributed by atoms with van der Waals surface area (Å²) >= 11 is 6.23. The van der Waals surface area contributed by atoms with Crippen LogP contribution in [0.1, 0.15) is 40.2 Å². The van der Waals surface area contributed by atoms with Crippen LogP contribution >= 0.6 is 11.6 Å². The highest BCUT2D eigenvalue weighted by Gasteiger charge is 2.21. The van der Waals surface area contributed by atoms with E-state index in [1.54, 1.807) is 32.2 Å². The maximum atomic E-state index is 12.8. The third-order valence-corrected chi connectivity index (χ3v) is 5.92. The molecule has 0 N–H and O–H groups in total. The lowest BCUT2D eigenvalue weighted by Gasteiger charge is -2.15. The van der Waals surface area contributed by atoms with Crippen LogP contribution in [0.15, 0.2) is 71.5 Å². The summed E-state index contributed by atoms with van der Waals surface area (Å²) in [7, 11) is 1.32. The maximum absolute atomic E-state index is 12.8. The number of aromatic nitrogens is 2. The number of rotatable bonds is 7. The van der Waals surface area contributed by atoms with Crippen LogP contribution in [0, 0.1) is 6.92 Å². The SMILES string of the molecule is COC(=O)c1cncc(-c2cccc(-c3onc(C)c3CC(=O)OC(C)c3ccccc3Cl)c2)c1. The Morgan fingerprint density at radius 1 is 1.03 bits per heavy atom. The number of hydrogen-bond donors (Lipinski definition) is 0. The fourth-order valence-corrected chi connectivity index (χ4v) is 4.03. The van der Waals surface area contributed by atoms with Gasteiger partial charge in [-0.3, -0.25) is 9.78 Å². The van der Waals surface area contributed by atoms with Gasteiger partial charge in [0.15, 0.2) is 5.76 Å². The molecule has 2 aromatic carbocycles. The van der Waals surface area contributed by atoms with Crippen molar-refractivity contribution in [2.45, 2.75) is 26.4 Å². The van der Waals surface area contributed by atoms with Crippen LogP contribution in [0.3, 0.4) is 0 Å². The molecule has 0 aliphatic rings. The van der Waals surface area contributed by atoms with Crippen LogP contribution in [-0.4, -0.2) is 29.2 Å². The Hall–Kier alpha value is -3.97. The van der Waals surface area contributed by atoms with Gasteiger partial charge in [-0.2, -0.15) is 0 Å². The van der Waals surface area contributed by atoms with Crippen molar-refractivity contribution in [3.63, 3.8) is 0 Å². The predicted octanol–water partition coefficient (Wildman–Crippen LogP) is 6.00. The lowest BCUT2D eigenvalue weighted by molar-refractivity contribution is -0.147. The van der Waals surface area contributed by atoms with Gasteiger partial charge in [0.1, 0.15) is 6.10 Å². The number of halogens is 1. The van der Waals surface area contributed by atoms with Gasteiger partial charge in [-0.15, -0.1) is 0 Å². The van der Waals surface area contributed by atoms with E-state index >= 15 is 0 Å². The van der Waals surface area contributed by atoms with E-state index in [0.717, 1.165) is 22.3 Å². The van der Waals surface area contributed by atoms with E-state index in [0.29, 0.717) is 27.6 Å². The van der Waals surface area contributed by atoms with Gasteiger partial charge in [0.2, 0.25) is 0 Å². The Morgan fingerprint density at radius 2 is 1.80 bits per heavy atom. The van der Waals surface area contributed by atoms with Crippen molar-refractivity contribution in [2.75, 3.05) is 7.11 Å². The first-order valence-electron chi connectivity index (χ1n) is 10.9. The first-order valence-corrected chi connectivity index (χ1v) is 11.3. The van der Waals surface area contributed by atoms with Gasteiger partial charge < -0.3 is 14.0 Å². The normalized spacial score (nSPS) is 11.7. The molecule has 0 spiro atoms. The molecule has 7 nitrogen and oxygen atoms in total. The molecule has 0 amide bonds. The van der Waals surface area contributed by atoms with Crippen LogP contribution in [0.25, 0.3) is 22.5 Å². The molecule has 4 aromatic rings. The summed E-state index contributed by atoms with van der Waals surface area (Å²) < 4.78 is 16.0. The predicted molar refractivity (Wildman–Crippen MR) is 131 cm³/mol. The van der Waals surface area contributed by atoms with Gasteiger partial charge in [-0.05, 0) is 37.6 Å². The van der Waals surface area contributed by atoms with Crippen LogP contribution in [0.4, 0.5) is 0 Å². The number of carbonyl (C=O) groups is 2. The molecule has 2 aromatic heterocycles. The molecule has 0 fully saturated rings. The number of methoxy groups -OCH3 is 1. The van der Waals surface area contributed by atoms with Crippen molar-refractivity contribution in [1.82, 2.24) is 10.1 Å². The second-order valence-electron chi connectivity index (χ2n) is 7.94. The summed E-state index contributed by atoms with van der Waals surface area (Å²) in [5, 5.41) is 4.61. The molecule has 0 bridgehead atoms. The van der Waals surface area contributed by atoms with Crippen molar-refractivity contribution in [1.29, 1.82) is 0 Å². The zero-order valence-corrected chi connectivity index (χ0v) is 20.2. The van der Waals surface area contributed by atoms with Gasteiger partial charge in [-0.1, -0.05) is 53.2 Å². The zero-order valence-electron chi connectivity index (χ0n) is 19.4. The van der Waals surface area contributed by atoms with E-state index in [9.17, 15) is 9.59 Å². The fraction of sp³-hybridized carbons (Fsp3) is 0.185. The smallest absolute Gasteiger partial charge is 0.339 e. The summed E-state index contributed by atoms with van der Waals surface area (Å²) in [6.07, 6.45) is 2.60. The highest BCUT2D eigenvalue weighted by atomic mass is 35.5. The van der Waals surface area contributed by atoms with Crippen molar-refractivity contribution in [3.05, 3.63) is 94.4 Å². The third kappa shape index (κ3) is 5.41. The maximum Gasteiger partial charge on any atom is 0.339 e. The lowest BCUT2D eigenvalue weighted by Crippen LogP contribution is -2.12. The van der Waals surface area contributed by atoms with Gasteiger partial charge in [0.05, 0.1) is 24.8 Å². The first kappa shape index (κ1) is 24.2. The van der Waals surface area contributed by atoms with E-state index in [-0.39, 0.29) is 6.42 Å². The van der Waals surface area contributed by atoms with Gasteiger partial charge >= 0.3 is 11.9 Å². The van der Waals surface area contributed by atoms with E-state index in [4.69, 9.17) is 25.6 Å². The average Bonchev–Trinajstić information content (AvgIpc) is 3.23. The highest BCUT2D eigenvalue weighted by Crippen LogP contribution is 2.31. The van der Waals surface area contributed by atoms with Crippen LogP contribution in [0.5, 0.6) is 0 Å². The average molecular weight is 491 g/mol. The summed E-state index contributed by atoms with van der Waals surface area (Å²) in [6, 6.07) is 16.5. The van der Waals surface area contributed by atoms with Crippen molar-refractivity contribution in [3.8, 4) is 22.5 Å². The van der Waals surface area contributed by atoms with E-state index in [1.807, 2.05) is 42.5 Å². The van der Waals surface area contributed by atoms with E-state index < -0.39 is 18.0 Å². The number of hydrogen-bond acceptors (Lipinski definition) is 7. The monoisotopic (exact) mass is 490 g/mol. The Morgan fingerprint density at radius 3 is 2.57 bits per heavy atom. The van der Waals surface area contributed by atoms with Gasteiger partial charge in [-0.25, -0.2) is 4.79 Å². The standard InChI is InChI=1S/C27H23ClN2O5/c1-16-23(13-25(31)34-17(2)22-9-4-5-10-24(22)28)26(35-30-16)19-8-6-7-18(11-19)20-12-21(15-29-14-20)27(32)33-3/h4-12,14-15,17H,13H2,1-3H3. The van der Waals surface area contributed by atoms with Crippen molar-refractivity contribution >= 4 is 23.5 Å². The molecule has 0 aliphatic carbocycles. The summed E-state index contributed by atoms with van der Waals surface area (Å²) in [5.41, 5.74) is 4.61.